The van der Waals surface area contributed by atoms with Gasteiger partial charge in [-0.3, -0.25) is 14.2 Å². The Kier molecular flexibility index (Phi) is 11.7. The van der Waals surface area contributed by atoms with Crippen LogP contribution in [0.25, 0.3) is 0 Å². The number of piperazine rings is 1. The number of phenolic OH excluding ortho intramolecular Hbond substituents is 1. The Morgan fingerprint density at radius 1 is 0.784 bits per heavy atom. The summed E-state index contributed by atoms with van der Waals surface area (Å²) >= 11 is 3.59. The van der Waals surface area contributed by atoms with E-state index in [0.717, 1.165) is 38.6 Å². The number of carbonyl (C=O) groups excluding carboxylic acids is 1. The van der Waals surface area contributed by atoms with Gasteiger partial charge in [0.25, 0.3) is 5.09 Å². The molecule has 11 heteroatoms. The van der Waals surface area contributed by atoms with Crippen LogP contribution in [0.15, 0.2) is 34.1 Å². The van der Waals surface area contributed by atoms with Crippen LogP contribution in [0.3, 0.4) is 0 Å². The Morgan fingerprint density at radius 2 is 1.20 bits per heavy atom. The van der Waals surface area contributed by atoms with Crippen LogP contribution in [0.1, 0.15) is 126 Å². The maximum atomic E-state index is 13.6. The molecule has 1 unspecified atom stereocenters. The molecule has 2 aliphatic heterocycles. The fourth-order valence-electron chi connectivity index (χ4n) is 7.04. The van der Waals surface area contributed by atoms with Gasteiger partial charge in [-0.15, -0.1) is 33.6 Å². The molecule has 284 valence electrons. The fraction of sp³-hybridized carbons (Fsp3) is 0.675. The van der Waals surface area contributed by atoms with Crippen LogP contribution in [-0.4, -0.2) is 75.1 Å². The van der Waals surface area contributed by atoms with Crippen LogP contribution < -0.4 is 4.74 Å². The van der Waals surface area contributed by atoms with E-state index >= 15 is 0 Å². The molecule has 0 aromatic heterocycles. The third kappa shape index (κ3) is 9.95. The van der Waals surface area contributed by atoms with Gasteiger partial charge in [0, 0.05) is 45.1 Å². The Hall–Kier alpha value is -2.47. The van der Waals surface area contributed by atoms with Crippen molar-refractivity contribution >= 4 is 29.5 Å². The third-order valence-corrected chi connectivity index (χ3v) is 12.5. The fourth-order valence-corrected chi connectivity index (χ4v) is 9.63. The number of phenols is 1. The smallest absolute Gasteiger partial charge is 0.325 e. The number of benzene rings is 2. The maximum Gasteiger partial charge on any atom is 0.325 e. The number of rotatable bonds is 9. The average molecular weight is 745 g/mol. The number of ether oxygens (including phenoxy) is 1. The standard InChI is InChI=1S/C40H61N3O6S2/c1-36(2,3)28-21-26(22-29(34(28)45)37(4,5)6)50-40(13,14)51-27-23-30(38(7,8)9)35(31(24-27)39(10,11)12)48-33(44)25-41-16-19-43(20-17-41)18-15-32(43)49-42(46)47/h21-24,32H,15-20,25H2,1-14H3/p+1. The van der Waals surface area contributed by atoms with Gasteiger partial charge >= 0.3 is 5.97 Å². The number of hydrogen-bond donors (Lipinski definition) is 1. The summed E-state index contributed by atoms with van der Waals surface area (Å²) < 4.78 is 6.66. The van der Waals surface area contributed by atoms with Crippen molar-refractivity contribution in [1.29, 1.82) is 0 Å². The Labute approximate surface area is 314 Å². The molecule has 1 N–H and O–H groups in total. The molecule has 2 aromatic rings. The van der Waals surface area contributed by atoms with E-state index in [9.17, 15) is 20.0 Å². The molecule has 2 saturated heterocycles. The molecule has 4 rings (SSSR count). The first-order valence-electron chi connectivity index (χ1n) is 18.2. The summed E-state index contributed by atoms with van der Waals surface area (Å²) in [7, 11) is 0. The van der Waals surface area contributed by atoms with E-state index in [1.165, 1.54) is 0 Å². The SMILES string of the molecule is CC(C)(Sc1cc(C(C)(C)C)c(O)c(C(C)(C)C)c1)Sc1cc(C(C)(C)C)c(OC(=O)CN2CC[N+]3(CCC3O[N+](=O)[O-])CC2)c(C(C)(C)C)c1. The van der Waals surface area contributed by atoms with Crippen molar-refractivity contribution in [2.45, 2.75) is 145 Å². The van der Waals surface area contributed by atoms with Gasteiger partial charge in [0.05, 0.1) is 36.7 Å². The molecule has 2 heterocycles. The molecule has 9 nitrogen and oxygen atoms in total. The van der Waals surface area contributed by atoms with E-state index in [1.807, 2.05) is 0 Å². The Bertz CT molecular complexity index is 1550. The highest BCUT2D eigenvalue weighted by atomic mass is 32.2. The van der Waals surface area contributed by atoms with Crippen LogP contribution in [0, 0.1) is 10.1 Å². The summed E-state index contributed by atoms with van der Waals surface area (Å²) in [4.78, 5) is 33.8. The van der Waals surface area contributed by atoms with Crippen LogP contribution >= 0.6 is 23.5 Å². The predicted octanol–water partition coefficient (Wildman–Crippen LogP) is 9.18. The second-order valence-electron chi connectivity index (χ2n) is 19.0. The van der Waals surface area contributed by atoms with Gasteiger partial charge in [0.1, 0.15) is 11.5 Å². The van der Waals surface area contributed by atoms with Crippen LogP contribution in [0.4, 0.5) is 0 Å². The first kappa shape index (κ1) is 41.3. The first-order chi connectivity index (χ1) is 23.1. The van der Waals surface area contributed by atoms with E-state index in [4.69, 9.17) is 9.57 Å². The predicted molar refractivity (Wildman–Crippen MR) is 209 cm³/mol. The van der Waals surface area contributed by atoms with Crippen molar-refractivity contribution in [3.8, 4) is 11.5 Å². The summed E-state index contributed by atoms with van der Waals surface area (Å²) in [5, 5.41) is 21.6. The molecule has 2 aliphatic rings. The number of aromatic hydroxyl groups is 1. The van der Waals surface area contributed by atoms with Crippen molar-refractivity contribution in [2.24, 2.45) is 0 Å². The normalized spacial score (nSPS) is 18.7. The summed E-state index contributed by atoms with van der Waals surface area (Å²) in [6, 6.07) is 8.68. The van der Waals surface area contributed by atoms with Crippen LogP contribution in [0.2, 0.25) is 0 Å². The van der Waals surface area contributed by atoms with Crippen molar-refractivity contribution in [3.63, 3.8) is 0 Å². The zero-order chi connectivity index (χ0) is 38.5. The lowest BCUT2D eigenvalue weighted by Gasteiger charge is -2.54. The van der Waals surface area contributed by atoms with Gasteiger partial charge in [0.15, 0.2) is 0 Å². The average Bonchev–Trinajstić information content (AvgIpc) is 2.94. The molecule has 51 heavy (non-hydrogen) atoms. The molecule has 0 saturated carbocycles. The van der Waals surface area contributed by atoms with Gasteiger partial charge in [-0.2, -0.15) is 0 Å². The highest BCUT2D eigenvalue weighted by molar-refractivity contribution is 8.18. The summed E-state index contributed by atoms with van der Waals surface area (Å²) in [6.07, 6.45) is 0.284. The highest BCUT2D eigenvalue weighted by Gasteiger charge is 2.50. The molecular formula is C40H62N3O6S2+. The van der Waals surface area contributed by atoms with E-state index in [0.29, 0.717) is 48.6 Å². The van der Waals surface area contributed by atoms with Gasteiger partial charge in [-0.1, -0.05) is 83.1 Å². The third-order valence-electron chi connectivity index (χ3n) is 10.0. The maximum absolute atomic E-state index is 13.6. The van der Waals surface area contributed by atoms with E-state index in [1.54, 1.807) is 23.5 Å². The topological polar surface area (TPSA) is 102 Å². The van der Waals surface area contributed by atoms with E-state index in [-0.39, 0.29) is 38.3 Å². The minimum atomic E-state index is -0.683. The first-order valence-corrected chi connectivity index (χ1v) is 19.8. The molecule has 0 aliphatic carbocycles. The number of hydrogen-bond acceptors (Lipinski definition) is 9. The lowest BCUT2D eigenvalue weighted by atomic mass is 9.79. The lowest BCUT2D eigenvalue weighted by Crippen LogP contribution is -2.72. The van der Waals surface area contributed by atoms with Gasteiger partial charge < -0.3 is 9.84 Å². The summed E-state index contributed by atoms with van der Waals surface area (Å²) in [5.41, 5.74) is 2.87. The van der Waals surface area contributed by atoms with Crippen molar-refractivity contribution < 1.29 is 29.0 Å². The molecule has 2 fully saturated rings. The Balaban J connectivity index is 1.59. The highest BCUT2D eigenvalue weighted by Crippen LogP contribution is 2.51. The molecular weight excluding hydrogens is 683 g/mol. The van der Waals surface area contributed by atoms with Gasteiger partial charge in [0.2, 0.25) is 6.23 Å². The summed E-state index contributed by atoms with van der Waals surface area (Å²) in [6.45, 7) is 34.0. The van der Waals surface area contributed by atoms with Crippen LogP contribution in [0.5, 0.6) is 11.5 Å². The van der Waals surface area contributed by atoms with E-state index < -0.39 is 11.3 Å². The summed E-state index contributed by atoms with van der Waals surface area (Å²) in [5.74, 6) is 0.729. The molecule has 0 amide bonds. The van der Waals surface area contributed by atoms with Gasteiger partial charge in [-0.05, 0) is 59.8 Å². The largest absolute Gasteiger partial charge is 0.507 e. The molecule has 0 bridgehead atoms. The monoisotopic (exact) mass is 744 g/mol. The molecule has 1 atom stereocenters. The van der Waals surface area contributed by atoms with Crippen molar-refractivity contribution in [1.82, 2.24) is 4.90 Å². The second kappa shape index (κ2) is 14.4. The Morgan fingerprint density at radius 3 is 1.55 bits per heavy atom. The van der Waals surface area contributed by atoms with E-state index in [2.05, 4.69) is 126 Å². The lowest BCUT2D eigenvalue weighted by molar-refractivity contribution is -1.05. The van der Waals surface area contributed by atoms with Crippen LogP contribution in [-0.2, 0) is 31.3 Å². The number of quaternary nitrogens is 1. The minimum absolute atomic E-state index is 0.161. The number of carbonyl (C=O) groups is 1. The quantitative estimate of drug-likeness (QED) is 0.0512. The van der Waals surface area contributed by atoms with Crippen molar-refractivity contribution in [3.05, 3.63) is 56.6 Å². The molecule has 0 radical (unpaired) electrons. The second-order valence-corrected chi connectivity index (χ2v) is 22.7. The number of esters is 1. The molecule has 1 spiro atoms. The zero-order valence-electron chi connectivity index (χ0n) is 33.5. The van der Waals surface area contributed by atoms with Gasteiger partial charge in [-0.25, -0.2) is 4.84 Å². The molecule has 2 aromatic carbocycles. The van der Waals surface area contributed by atoms with Crippen molar-refractivity contribution in [2.75, 3.05) is 39.3 Å². The minimum Gasteiger partial charge on any atom is -0.507 e. The zero-order valence-corrected chi connectivity index (χ0v) is 35.1. The number of nitrogens with zero attached hydrogens (tertiary/aromatic N) is 3. The number of thioether (sulfide) groups is 2.